The highest BCUT2D eigenvalue weighted by molar-refractivity contribution is 6.09. The molecule has 9 nitrogen and oxygen atoms in total. The van der Waals surface area contributed by atoms with Gasteiger partial charge in [-0.25, -0.2) is 14.8 Å². The van der Waals surface area contributed by atoms with Crippen LogP contribution in [0.2, 0.25) is 0 Å². The predicted octanol–water partition coefficient (Wildman–Crippen LogP) is 7.13. The Morgan fingerprint density at radius 3 is 2.25 bits per heavy atom. The summed E-state index contributed by atoms with van der Waals surface area (Å²) in [6, 6.07) is 30.7. The van der Waals surface area contributed by atoms with Gasteiger partial charge in [0.05, 0.1) is 5.69 Å². The number of para-hydroxylation sites is 2. The molecular weight excluding hydrogens is 575 g/mol. The Bertz CT molecular complexity index is 1960. The van der Waals surface area contributed by atoms with Crippen LogP contribution < -0.4 is 16.4 Å². The number of fused-ring (bicyclic) bond motifs is 3. The molecule has 0 unspecified atom stereocenters. The van der Waals surface area contributed by atoms with Crippen LogP contribution in [0.5, 0.6) is 0 Å². The number of carbonyl (C=O) groups excluding carboxylic acids is 1. The number of alkyl halides is 3. The monoisotopic (exact) mass is 599 g/mol. The van der Waals surface area contributed by atoms with E-state index in [9.17, 15) is 18.0 Å². The molecule has 0 saturated heterocycles. The number of hydrogen-bond acceptors (Lipinski definition) is 7. The summed E-state index contributed by atoms with van der Waals surface area (Å²) in [4.78, 5) is 30.4. The van der Waals surface area contributed by atoms with Crippen LogP contribution in [0.15, 0.2) is 108 Å². The van der Waals surface area contributed by atoms with Gasteiger partial charge in [-0.1, -0.05) is 42.5 Å². The summed E-state index contributed by atoms with van der Waals surface area (Å²) in [7, 11) is 0. The Balaban J connectivity index is 0.000000493. The van der Waals surface area contributed by atoms with Crippen LogP contribution in [0.3, 0.4) is 0 Å². The molecule has 0 aliphatic rings. The van der Waals surface area contributed by atoms with Crippen LogP contribution in [-0.4, -0.2) is 33.1 Å². The molecule has 0 aliphatic heterocycles. The lowest BCUT2D eigenvalue weighted by molar-refractivity contribution is -0.192. The molecule has 0 radical (unpaired) electrons. The minimum Gasteiger partial charge on any atom is -0.475 e. The van der Waals surface area contributed by atoms with Crippen LogP contribution in [0.4, 0.5) is 30.4 Å². The average molecular weight is 600 g/mol. The number of halogens is 3. The first kappa shape index (κ1) is 29.7. The minimum atomic E-state index is -5.08. The number of carboxylic acids is 1. The molecule has 12 heteroatoms. The zero-order chi connectivity index (χ0) is 31.3. The minimum absolute atomic E-state index is 0.184. The number of amides is 1. The van der Waals surface area contributed by atoms with Crippen LogP contribution >= 0.6 is 0 Å². The fourth-order valence-electron chi connectivity index (χ4n) is 4.35. The van der Waals surface area contributed by atoms with Crippen LogP contribution in [0, 0.1) is 0 Å². The van der Waals surface area contributed by atoms with Crippen molar-refractivity contribution in [2.75, 3.05) is 10.6 Å². The molecule has 0 fully saturated rings. The van der Waals surface area contributed by atoms with E-state index in [-0.39, 0.29) is 5.91 Å². The summed E-state index contributed by atoms with van der Waals surface area (Å²) in [6.45, 7) is 0.389. The van der Waals surface area contributed by atoms with Crippen molar-refractivity contribution in [2.24, 2.45) is 5.73 Å². The van der Waals surface area contributed by atoms with E-state index in [0.717, 1.165) is 44.4 Å². The number of aliphatic carboxylic acids is 1. The number of nitrogens with zero attached hydrogens (tertiary/aromatic N) is 2. The number of carboxylic acid groups (broad SMARTS) is 1. The molecule has 2 aromatic heterocycles. The fraction of sp³-hybridized carbons (Fsp3) is 0.0625. The van der Waals surface area contributed by atoms with Gasteiger partial charge >= 0.3 is 12.1 Å². The zero-order valence-corrected chi connectivity index (χ0v) is 22.8. The molecule has 4 aromatic carbocycles. The van der Waals surface area contributed by atoms with E-state index >= 15 is 0 Å². The van der Waals surface area contributed by atoms with Crippen molar-refractivity contribution < 1.29 is 32.3 Å². The van der Waals surface area contributed by atoms with E-state index in [1.807, 2.05) is 72.8 Å². The summed E-state index contributed by atoms with van der Waals surface area (Å²) in [5.41, 5.74) is 12.0. The third kappa shape index (κ3) is 6.82. The number of furan rings is 1. The molecule has 44 heavy (non-hydrogen) atoms. The number of nitrogens with one attached hydrogen (secondary N) is 2. The maximum atomic E-state index is 12.6. The van der Waals surface area contributed by atoms with Gasteiger partial charge in [0, 0.05) is 45.9 Å². The van der Waals surface area contributed by atoms with Gasteiger partial charge in [-0.05, 0) is 54.1 Å². The van der Waals surface area contributed by atoms with E-state index in [0.29, 0.717) is 23.6 Å². The van der Waals surface area contributed by atoms with E-state index in [1.54, 1.807) is 12.1 Å². The number of anilines is 3. The number of hydrogen-bond donors (Lipinski definition) is 4. The summed E-state index contributed by atoms with van der Waals surface area (Å²) in [6.07, 6.45) is -3.55. The zero-order valence-electron chi connectivity index (χ0n) is 22.8. The first-order chi connectivity index (χ1) is 21.1. The van der Waals surface area contributed by atoms with Gasteiger partial charge in [0.25, 0.3) is 5.91 Å². The second-order valence-corrected chi connectivity index (χ2v) is 9.43. The first-order valence-corrected chi connectivity index (χ1v) is 13.1. The van der Waals surface area contributed by atoms with Crippen molar-refractivity contribution in [1.82, 2.24) is 9.97 Å². The normalized spacial score (nSPS) is 11.1. The lowest BCUT2D eigenvalue weighted by Crippen LogP contribution is -2.21. The topological polar surface area (TPSA) is 143 Å². The molecule has 2 heterocycles. The quantitative estimate of drug-likeness (QED) is 0.158. The SMILES string of the molecule is NCc1cccc(C(=O)Nc2ccc(Nc3cc(-c4cccc5c4oc4ccccc45)ncn3)cc2)c1.O=C(O)C(F)(F)F. The van der Waals surface area contributed by atoms with Gasteiger partial charge in [0.15, 0.2) is 0 Å². The van der Waals surface area contributed by atoms with Gasteiger partial charge in [-0.2, -0.15) is 13.2 Å². The third-order valence-electron chi connectivity index (χ3n) is 6.43. The van der Waals surface area contributed by atoms with Crippen LogP contribution in [0.25, 0.3) is 33.2 Å². The predicted molar refractivity (Wildman–Crippen MR) is 160 cm³/mol. The summed E-state index contributed by atoms with van der Waals surface area (Å²) in [5.74, 6) is -2.29. The van der Waals surface area contributed by atoms with Crippen molar-refractivity contribution in [1.29, 1.82) is 0 Å². The van der Waals surface area contributed by atoms with Gasteiger partial charge in [0.2, 0.25) is 0 Å². The third-order valence-corrected chi connectivity index (χ3v) is 6.43. The van der Waals surface area contributed by atoms with Gasteiger partial charge in [-0.15, -0.1) is 0 Å². The number of carbonyl (C=O) groups is 2. The van der Waals surface area contributed by atoms with Crippen molar-refractivity contribution in [3.8, 4) is 11.3 Å². The van der Waals surface area contributed by atoms with Crippen LogP contribution in [-0.2, 0) is 11.3 Å². The first-order valence-electron chi connectivity index (χ1n) is 13.1. The largest absolute Gasteiger partial charge is 0.490 e. The van der Waals surface area contributed by atoms with Crippen LogP contribution in [0.1, 0.15) is 15.9 Å². The smallest absolute Gasteiger partial charge is 0.475 e. The lowest BCUT2D eigenvalue weighted by atomic mass is 10.1. The van der Waals surface area contributed by atoms with Gasteiger partial charge in [-0.3, -0.25) is 4.79 Å². The maximum absolute atomic E-state index is 12.6. The molecule has 0 atom stereocenters. The van der Waals surface area contributed by atoms with Gasteiger partial charge < -0.3 is 25.9 Å². The number of aromatic nitrogens is 2. The van der Waals surface area contributed by atoms with E-state index < -0.39 is 12.1 Å². The molecule has 6 aromatic rings. The standard InChI is InChI=1S/C30H23N5O2.C2HF3O2/c31-17-19-5-3-6-20(15-19)30(36)35-22-13-11-21(12-14-22)34-28-16-26(32-18-33-28)25-9-4-8-24-23-7-1-2-10-27(23)37-29(24)25;3-2(4,5)1(6)7/h1-16,18H,17,31H2,(H,35,36)(H,32,33,34);(H,6,7). The Morgan fingerprint density at radius 2 is 1.52 bits per heavy atom. The fourth-order valence-corrected chi connectivity index (χ4v) is 4.35. The van der Waals surface area contributed by atoms with E-state index in [4.69, 9.17) is 20.1 Å². The second kappa shape index (κ2) is 12.6. The molecular formula is C32H24F3N5O4. The Hall–Kier alpha value is -5.75. The van der Waals surface area contributed by atoms with E-state index in [2.05, 4.69) is 32.7 Å². The number of benzene rings is 4. The average Bonchev–Trinajstić information content (AvgIpc) is 3.41. The molecule has 0 bridgehead atoms. The molecule has 0 spiro atoms. The van der Waals surface area contributed by atoms with Crippen molar-refractivity contribution in [2.45, 2.75) is 12.7 Å². The number of nitrogens with two attached hydrogens (primary N) is 1. The number of rotatable bonds is 6. The van der Waals surface area contributed by atoms with E-state index in [1.165, 1.54) is 6.33 Å². The molecule has 0 saturated carbocycles. The molecule has 5 N–H and O–H groups in total. The van der Waals surface area contributed by atoms with Crippen molar-refractivity contribution in [3.63, 3.8) is 0 Å². The Kier molecular flexibility index (Phi) is 8.54. The molecule has 0 aliphatic carbocycles. The highest BCUT2D eigenvalue weighted by Crippen LogP contribution is 2.35. The Morgan fingerprint density at radius 1 is 0.841 bits per heavy atom. The van der Waals surface area contributed by atoms with Gasteiger partial charge in [0.1, 0.15) is 23.3 Å². The molecule has 222 valence electrons. The second-order valence-electron chi connectivity index (χ2n) is 9.43. The summed E-state index contributed by atoms with van der Waals surface area (Å²) < 4.78 is 37.9. The highest BCUT2D eigenvalue weighted by atomic mass is 19.4. The summed E-state index contributed by atoms with van der Waals surface area (Å²) in [5, 5.41) is 15.5. The maximum Gasteiger partial charge on any atom is 0.490 e. The van der Waals surface area contributed by atoms with Crippen molar-refractivity contribution >= 4 is 51.0 Å². The van der Waals surface area contributed by atoms with Crippen molar-refractivity contribution in [3.05, 3.63) is 115 Å². The molecule has 1 amide bonds. The lowest BCUT2D eigenvalue weighted by Gasteiger charge is -2.10. The Labute approximate surface area is 248 Å². The summed E-state index contributed by atoms with van der Waals surface area (Å²) >= 11 is 0. The molecule has 6 rings (SSSR count). The highest BCUT2D eigenvalue weighted by Gasteiger charge is 2.38.